The molecule has 0 spiro atoms. The lowest BCUT2D eigenvalue weighted by Gasteiger charge is -2.06. The van der Waals surface area contributed by atoms with Gasteiger partial charge in [-0.2, -0.15) is 0 Å². The standard InChI is InChI=1S/C15H19BrO4/c1-2-3-9-19-14(17)7-8-15(18)20-11-12-5-4-6-13(16)10-12/h4-6,10H,2-3,7-9,11H2,1H3. The molecule has 0 aliphatic rings. The monoisotopic (exact) mass is 342 g/mol. The van der Waals surface area contributed by atoms with Crippen molar-refractivity contribution in [2.24, 2.45) is 0 Å². The van der Waals surface area contributed by atoms with Crippen LogP contribution in [0.4, 0.5) is 0 Å². The van der Waals surface area contributed by atoms with Crippen molar-refractivity contribution < 1.29 is 19.1 Å². The van der Waals surface area contributed by atoms with Crippen LogP contribution in [0.5, 0.6) is 0 Å². The Morgan fingerprint density at radius 3 is 2.50 bits per heavy atom. The summed E-state index contributed by atoms with van der Waals surface area (Å²) in [6.45, 7) is 2.65. The van der Waals surface area contributed by atoms with Crippen LogP contribution in [0.1, 0.15) is 38.2 Å². The van der Waals surface area contributed by atoms with Gasteiger partial charge in [0.15, 0.2) is 0 Å². The van der Waals surface area contributed by atoms with E-state index in [1.54, 1.807) is 0 Å². The predicted octanol–water partition coefficient (Wildman–Crippen LogP) is 3.62. The van der Waals surface area contributed by atoms with Crippen molar-refractivity contribution in [1.82, 2.24) is 0 Å². The van der Waals surface area contributed by atoms with Crippen LogP contribution in [0.15, 0.2) is 28.7 Å². The maximum Gasteiger partial charge on any atom is 0.306 e. The highest BCUT2D eigenvalue weighted by Gasteiger charge is 2.09. The first kappa shape index (κ1) is 16.7. The van der Waals surface area contributed by atoms with Crippen molar-refractivity contribution in [2.45, 2.75) is 39.2 Å². The molecule has 0 aliphatic heterocycles. The van der Waals surface area contributed by atoms with Gasteiger partial charge in [-0.15, -0.1) is 0 Å². The molecule has 1 aromatic rings. The van der Waals surface area contributed by atoms with E-state index in [-0.39, 0.29) is 25.4 Å². The van der Waals surface area contributed by atoms with Gasteiger partial charge in [-0.05, 0) is 24.1 Å². The van der Waals surface area contributed by atoms with Crippen LogP contribution in [0.25, 0.3) is 0 Å². The Bertz CT molecular complexity index is 445. The SMILES string of the molecule is CCCCOC(=O)CCC(=O)OCc1cccc(Br)c1. The Morgan fingerprint density at radius 1 is 1.15 bits per heavy atom. The third kappa shape index (κ3) is 7.28. The van der Waals surface area contributed by atoms with E-state index in [1.165, 1.54) is 0 Å². The molecule has 4 nitrogen and oxygen atoms in total. The fraction of sp³-hybridized carbons (Fsp3) is 0.467. The van der Waals surface area contributed by atoms with E-state index >= 15 is 0 Å². The summed E-state index contributed by atoms with van der Waals surface area (Å²) in [6, 6.07) is 7.53. The van der Waals surface area contributed by atoms with Gasteiger partial charge in [0.25, 0.3) is 0 Å². The minimum Gasteiger partial charge on any atom is -0.466 e. The van der Waals surface area contributed by atoms with Crippen molar-refractivity contribution >= 4 is 27.9 Å². The molecule has 0 radical (unpaired) electrons. The molecule has 1 rings (SSSR count). The Balaban J connectivity index is 2.19. The first-order chi connectivity index (χ1) is 9.61. The minimum atomic E-state index is -0.391. The van der Waals surface area contributed by atoms with Crippen LogP contribution in [-0.2, 0) is 25.7 Å². The van der Waals surface area contributed by atoms with Gasteiger partial charge in [0, 0.05) is 4.47 Å². The van der Waals surface area contributed by atoms with E-state index in [9.17, 15) is 9.59 Å². The number of carbonyl (C=O) groups excluding carboxylic acids is 2. The summed E-state index contributed by atoms with van der Waals surface area (Å²) in [5.41, 5.74) is 0.901. The Hall–Kier alpha value is -1.36. The van der Waals surface area contributed by atoms with Crippen LogP contribution in [0, 0.1) is 0 Å². The largest absolute Gasteiger partial charge is 0.466 e. The molecule has 0 atom stereocenters. The molecule has 0 amide bonds. The highest BCUT2D eigenvalue weighted by molar-refractivity contribution is 9.10. The fourth-order valence-electron chi connectivity index (χ4n) is 1.47. The van der Waals surface area contributed by atoms with Gasteiger partial charge in [0.1, 0.15) is 6.61 Å². The van der Waals surface area contributed by atoms with E-state index in [1.807, 2.05) is 31.2 Å². The summed E-state index contributed by atoms with van der Waals surface area (Å²) in [7, 11) is 0. The summed E-state index contributed by atoms with van der Waals surface area (Å²) in [5, 5.41) is 0. The Morgan fingerprint density at radius 2 is 1.85 bits per heavy atom. The van der Waals surface area contributed by atoms with Crippen LogP contribution in [-0.4, -0.2) is 18.5 Å². The normalized spacial score (nSPS) is 10.1. The second-order valence-electron chi connectivity index (χ2n) is 4.36. The number of hydrogen-bond acceptors (Lipinski definition) is 4. The first-order valence-corrected chi connectivity index (χ1v) is 7.46. The average Bonchev–Trinajstić information content (AvgIpc) is 2.43. The molecule has 0 aromatic heterocycles. The van der Waals surface area contributed by atoms with Gasteiger partial charge in [-0.1, -0.05) is 41.4 Å². The van der Waals surface area contributed by atoms with Crippen LogP contribution in [0.3, 0.4) is 0 Å². The lowest BCUT2D eigenvalue weighted by atomic mass is 10.2. The summed E-state index contributed by atoms with van der Waals surface area (Å²) in [6.07, 6.45) is 1.95. The molecule has 1 aromatic carbocycles. The van der Waals surface area contributed by atoms with Gasteiger partial charge in [-0.3, -0.25) is 9.59 Å². The first-order valence-electron chi connectivity index (χ1n) is 6.67. The maximum atomic E-state index is 11.5. The molecule has 0 saturated heterocycles. The number of carbonyl (C=O) groups is 2. The van der Waals surface area contributed by atoms with Crippen LogP contribution >= 0.6 is 15.9 Å². The van der Waals surface area contributed by atoms with Crippen molar-refractivity contribution in [3.63, 3.8) is 0 Å². The molecule has 0 bridgehead atoms. The van der Waals surface area contributed by atoms with Gasteiger partial charge in [-0.25, -0.2) is 0 Å². The van der Waals surface area contributed by atoms with Crippen molar-refractivity contribution in [2.75, 3.05) is 6.61 Å². The zero-order valence-corrected chi connectivity index (χ0v) is 13.1. The molecule has 0 saturated carbocycles. The van der Waals surface area contributed by atoms with Gasteiger partial charge < -0.3 is 9.47 Å². The molecular weight excluding hydrogens is 324 g/mol. The highest BCUT2D eigenvalue weighted by atomic mass is 79.9. The number of esters is 2. The second-order valence-corrected chi connectivity index (χ2v) is 5.28. The van der Waals surface area contributed by atoms with E-state index in [4.69, 9.17) is 9.47 Å². The van der Waals surface area contributed by atoms with E-state index in [0.29, 0.717) is 6.61 Å². The number of halogens is 1. The molecule has 0 heterocycles. The third-order valence-corrected chi connectivity index (χ3v) is 3.08. The van der Waals surface area contributed by atoms with E-state index in [0.717, 1.165) is 22.9 Å². The Labute approximate surface area is 127 Å². The number of hydrogen-bond donors (Lipinski definition) is 0. The number of benzene rings is 1. The van der Waals surface area contributed by atoms with Gasteiger partial charge >= 0.3 is 11.9 Å². The molecule has 0 N–H and O–H groups in total. The Kier molecular flexibility index (Phi) is 7.95. The topological polar surface area (TPSA) is 52.6 Å². The molecule has 20 heavy (non-hydrogen) atoms. The van der Waals surface area contributed by atoms with Crippen LogP contribution in [0.2, 0.25) is 0 Å². The maximum absolute atomic E-state index is 11.5. The summed E-state index contributed by atoms with van der Waals surface area (Å²) in [5.74, 6) is -0.740. The molecule has 5 heteroatoms. The smallest absolute Gasteiger partial charge is 0.306 e. The van der Waals surface area contributed by atoms with Gasteiger partial charge in [0.2, 0.25) is 0 Å². The number of rotatable bonds is 8. The van der Waals surface area contributed by atoms with Crippen molar-refractivity contribution in [3.8, 4) is 0 Å². The zero-order valence-electron chi connectivity index (χ0n) is 11.6. The molecule has 0 unspecified atom stereocenters. The van der Waals surface area contributed by atoms with E-state index < -0.39 is 5.97 Å². The lowest BCUT2D eigenvalue weighted by Crippen LogP contribution is -2.10. The molecule has 110 valence electrons. The molecule has 0 aliphatic carbocycles. The van der Waals surface area contributed by atoms with Gasteiger partial charge in [0.05, 0.1) is 19.4 Å². The van der Waals surface area contributed by atoms with Crippen LogP contribution < -0.4 is 0 Å². The predicted molar refractivity (Wildman–Crippen MR) is 79.0 cm³/mol. The average molecular weight is 343 g/mol. The summed E-state index contributed by atoms with van der Waals surface area (Å²) < 4.78 is 11.0. The van der Waals surface area contributed by atoms with Crippen molar-refractivity contribution in [3.05, 3.63) is 34.3 Å². The lowest BCUT2D eigenvalue weighted by molar-refractivity contribution is -0.151. The molecule has 0 fully saturated rings. The quantitative estimate of drug-likeness (QED) is 0.534. The minimum absolute atomic E-state index is 0.0545. The third-order valence-electron chi connectivity index (χ3n) is 2.58. The fourth-order valence-corrected chi connectivity index (χ4v) is 1.92. The second kappa shape index (κ2) is 9.53. The zero-order chi connectivity index (χ0) is 14.8. The summed E-state index contributed by atoms with van der Waals surface area (Å²) >= 11 is 3.35. The highest BCUT2D eigenvalue weighted by Crippen LogP contribution is 2.12. The number of unbranched alkanes of at least 4 members (excludes halogenated alkanes) is 1. The molecular formula is C15H19BrO4. The van der Waals surface area contributed by atoms with E-state index in [2.05, 4.69) is 15.9 Å². The summed E-state index contributed by atoms with van der Waals surface area (Å²) in [4.78, 5) is 22.8. The van der Waals surface area contributed by atoms with Crippen molar-refractivity contribution in [1.29, 1.82) is 0 Å². The number of ether oxygens (including phenoxy) is 2.